The van der Waals surface area contributed by atoms with Gasteiger partial charge in [0.2, 0.25) is 15.9 Å². The molecule has 1 amide bonds. The minimum atomic E-state index is -4.37. The smallest absolute Gasteiger partial charge is 0.389 e. The molecule has 0 bridgehead atoms. The molecule has 158 valence electrons. The van der Waals surface area contributed by atoms with Gasteiger partial charge in [0.25, 0.3) is 0 Å². The molecule has 1 unspecified atom stereocenters. The van der Waals surface area contributed by atoms with E-state index in [2.05, 4.69) is 0 Å². The predicted octanol–water partition coefficient (Wildman–Crippen LogP) is 3.38. The number of hydrogen-bond donors (Lipinski definition) is 1. The average Bonchev–Trinajstić information content (AvgIpc) is 2.55. The minimum absolute atomic E-state index is 0.177. The Morgan fingerprint density at radius 2 is 2.00 bits per heavy atom. The van der Waals surface area contributed by atoms with Gasteiger partial charge < -0.3 is 10.5 Å². The summed E-state index contributed by atoms with van der Waals surface area (Å²) in [4.78, 5) is 11.6. The van der Waals surface area contributed by atoms with Gasteiger partial charge in [0.1, 0.15) is 11.4 Å². The zero-order valence-electron chi connectivity index (χ0n) is 16.0. The molecule has 28 heavy (non-hydrogen) atoms. The lowest BCUT2D eigenvalue weighted by Gasteiger charge is -2.42. The number of fused-ring (bicyclic) bond motifs is 1. The van der Waals surface area contributed by atoms with Gasteiger partial charge in [-0.1, -0.05) is 0 Å². The van der Waals surface area contributed by atoms with Crippen molar-refractivity contribution in [2.75, 3.05) is 12.3 Å². The van der Waals surface area contributed by atoms with Crippen molar-refractivity contribution >= 4 is 15.9 Å². The van der Waals surface area contributed by atoms with Crippen molar-refractivity contribution in [3.05, 3.63) is 29.3 Å². The lowest BCUT2D eigenvalue weighted by Crippen LogP contribution is -2.44. The quantitative estimate of drug-likeness (QED) is 0.729. The molecule has 2 rings (SSSR count). The predicted molar refractivity (Wildman–Crippen MR) is 98.5 cm³/mol. The Balaban J connectivity index is 2.49. The average molecular weight is 422 g/mol. The fourth-order valence-corrected chi connectivity index (χ4v) is 4.63. The summed E-state index contributed by atoms with van der Waals surface area (Å²) in [6.45, 7) is 4.71. The molecule has 1 aliphatic rings. The second-order valence-electron chi connectivity index (χ2n) is 7.43. The van der Waals surface area contributed by atoms with E-state index in [4.69, 9.17) is 10.5 Å². The van der Waals surface area contributed by atoms with Crippen molar-refractivity contribution in [3.8, 4) is 5.75 Å². The van der Waals surface area contributed by atoms with Crippen LogP contribution >= 0.6 is 0 Å². The summed E-state index contributed by atoms with van der Waals surface area (Å²) in [6, 6.07) is 3.72. The lowest BCUT2D eigenvalue weighted by atomic mass is 9.88. The first kappa shape index (κ1) is 22.5. The Labute approximate surface area is 162 Å². The van der Waals surface area contributed by atoms with E-state index in [0.29, 0.717) is 11.3 Å². The van der Waals surface area contributed by atoms with Crippen LogP contribution in [-0.4, -0.2) is 42.7 Å². The topological polar surface area (TPSA) is 89.7 Å². The molecule has 1 aromatic carbocycles. The van der Waals surface area contributed by atoms with Gasteiger partial charge in [-0.2, -0.15) is 17.5 Å². The number of ether oxygens (including phenoxy) is 1. The fraction of sp³-hybridized carbons (Fsp3) is 0.611. The number of carbonyl (C=O) groups excluding carboxylic acids is 1. The highest BCUT2D eigenvalue weighted by Crippen LogP contribution is 2.44. The third kappa shape index (κ3) is 5.38. The molecule has 0 aliphatic carbocycles. The highest BCUT2D eigenvalue weighted by Gasteiger charge is 2.41. The highest BCUT2D eigenvalue weighted by molar-refractivity contribution is 7.89. The van der Waals surface area contributed by atoms with E-state index in [-0.39, 0.29) is 30.7 Å². The van der Waals surface area contributed by atoms with Crippen molar-refractivity contribution in [2.24, 2.45) is 5.73 Å². The number of alkyl halides is 3. The second kappa shape index (κ2) is 7.90. The van der Waals surface area contributed by atoms with Gasteiger partial charge in [-0.05, 0) is 45.4 Å². The van der Waals surface area contributed by atoms with Gasteiger partial charge in [-0.25, -0.2) is 8.42 Å². The van der Waals surface area contributed by atoms with Gasteiger partial charge in [-0.3, -0.25) is 4.79 Å². The minimum Gasteiger partial charge on any atom is -0.487 e. The third-order valence-electron chi connectivity index (χ3n) is 4.63. The van der Waals surface area contributed by atoms with E-state index in [0.717, 1.165) is 4.31 Å². The first-order valence-electron chi connectivity index (χ1n) is 8.95. The molecule has 0 saturated carbocycles. The maximum atomic E-state index is 12.7. The summed E-state index contributed by atoms with van der Waals surface area (Å²) in [7, 11) is -3.81. The first-order valence-corrected chi connectivity index (χ1v) is 10.6. The summed E-state index contributed by atoms with van der Waals surface area (Å²) >= 11 is 0. The van der Waals surface area contributed by atoms with Gasteiger partial charge >= 0.3 is 6.18 Å². The van der Waals surface area contributed by atoms with E-state index >= 15 is 0 Å². The van der Waals surface area contributed by atoms with Crippen molar-refractivity contribution in [1.82, 2.24) is 4.31 Å². The summed E-state index contributed by atoms with van der Waals surface area (Å²) < 4.78 is 70.2. The maximum Gasteiger partial charge on any atom is 0.389 e. The molecule has 1 heterocycles. The van der Waals surface area contributed by atoms with Crippen molar-refractivity contribution in [1.29, 1.82) is 0 Å². The molecule has 10 heteroatoms. The standard InChI is InChI=1S/C18H25F3N2O4S/c1-4-28(25,26)23(9-5-8-18(19,20)21)14-11-17(2,3)27-15-7-6-12(16(22)24)10-13(14)15/h6-7,10,14H,4-5,8-9,11H2,1-3H3,(H2,22,24). The van der Waals surface area contributed by atoms with Crippen LogP contribution in [0.5, 0.6) is 5.75 Å². The van der Waals surface area contributed by atoms with E-state index in [9.17, 15) is 26.4 Å². The van der Waals surface area contributed by atoms with Crippen molar-refractivity contribution in [3.63, 3.8) is 0 Å². The molecule has 0 saturated heterocycles. The Morgan fingerprint density at radius 1 is 1.36 bits per heavy atom. The van der Waals surface area contributed by atoms with Crippen molar-refractivity contribution in [2.45, 2.75) is 57.9 Å². The van der Waals surface area contributed by atoms with E-state index < -0.39 is 40.2 Å². The van der Waals surface area contributed by atoms with E-state index in [1.54, 1.807) is 13.8 Å². The number of halogens is 3. The molecule has 0 aromatic heterocycles. The SMILES string of the molecule is CCS(=O)(=O)N(CCCC(F)(F)F)C1CC(C)(C)Oc2ccc(C(N)=O)cc21. The van der Waals surface area contributed by atoms with Crippen LogP contribution in [0.15, 0.2) is 18.2 Å². The maximum absolute atomic E-state index is 12.7. The number of carbonyl (C=O) groups is 1. The summed E-state index contributed by atoms with van der Waals surface area (Å²) in [6.07, 6.45) is -5.57. The molecular weight excluding hydrogens is 397 g/mol. The van der Waals surface area contributed by atoms with Gasteiger partial charge in [0.05, 0.1) is 11.8 Å². The number of nitrogens with zero attached hydrogens (tertiary/aromatic N) is 1. The van der Waals surface area contributed by atoms with Crippen LogP contribution in [-0.2, 0) is 10.0 Å². The van der Waals surface area contributed by atoms with E-state index in [1.165, 1.54) is 25.1 Å². The number of amides is 1. The molecule has 6 nitrogen and oxygen atoms in total. The third-order valence-corrected chi connectivity index (χ3v) is 6.51. The zero-order valence-corrected chi connectivity index (χ0v) is 16.9. The molecule has 0 spiro atoms. The van der Waals surface area contributed by atoms with Gasteiger partial charge in [-0.15, -0.1) is 0 Å². The number of rotatable bonds is 7. The van der Waals surface area contributed by atoms with Crippen LogP contribution in [0.2, 0.25) is 0 Å². The summed E-state index contributed by atoms with van der Waals surface area (Å²) in [5, 5.41) is 0. The summed E-state index contributed by atoms with van der Waals surface area (Å²) in [5.74, 6) is -0.548. The Morgan fingerprint density at radius 3 is 2.54 bits per heavy atom. The highest BCUT2D eigenvalue weighted by atomic mass is 32.2. The number of primary amides is 1. The zero-order chi connectivity index (χ0) is 21.3. The molecule has 0 radical (unpaired) electrons. The Hall–Kier alpha value is -1.81. The molecule has 0 fully saturated rings. The van der Waals surface area contributed by atoms with Crippen molar-refractivity contribution < 1.29 is 31.1 Å². The normalized spacial score (nSPS) is 19.2. The number of benzene rings is 1. The van der Waals surface area contributed by atoms with Gasteiger partial charge in [0.15, 0.2) is 0 Å². The van der Waals surface area contributed by atoms with Crippen LogP contribution in [0.1, 0.15) is 62.0 Å². The lowest BCUT2D eigenvalue weighted by molar-refractivity contribution is -0.136. The molecule has 2 N–H and O–H groups in total. The van der Waals surface area contributed by atoms with E-state index in [1.807, 2.05) is 0 Å². The molecule has 1 atom stereocenters. The molecule has 1 aliphatic heterocycles. The number of sulfonamides is 1. The fourth-order valence-electron chi connectivity index (χ4n) is 3.32. The first-order chi connectivity index (χ1) is 12.8. The Kier molecular flexibility index (Phi) is 6.34. The number of nitrogens with two attached hydrogens (primary N) is 1. The van der Waals surface area contributed by atoms with Crippen LogP contribution in [0.25, 0.3) is 0 Å². The van der Waals surface area contributed by atoms with Crippen LogP contribution < -0.4 is 10.5 Å². The Bertz CT molecular complexity index is 838. The number of hydrogen-bond acceptors (Lipinski definition) is 4. The monoisotopic (exact) mass is 422 g/mol. The second-order valence-corrected chi connectivity index (χ2v) is 9.64. The largest absolute Gasteiger partial charge is 0.487 e. The van der Waals surface area contributed by atoms with Crippen LogP contribution in [0.4, 0.5) is 13.2 Å². The van der Waals surface area contributed by atoms with Crippen LogP contribution in [0.3, 0.4) is 0 Å². The molecular formula is C18H25F3N2O4S. The molecule has 1 aromatic rings. The van der Waals surface area contributed by atoms with Crippen LogP contribution in [0, 0.1) is 0 Å². The van der Waals surface area contributed by atoms with Gasteiger partial charge in [0, 0.05) is 30.5 Å². The summed E-state index contributed by atoms with van der Waals surface area (Å²) in [5.41, 5.74) is 5.19.